The zero-order chi connectivity index (χ0) is 13.1. The predicted molar refractivity (Wildman–Crippen MR) is 85.9 cm³/mol. The Morgan fingerprint density at radius 2 is 1.84 bits per heavy atom. The fourth-order valence-corrected chi connectivity index (χ4v) is 3.61. The van der Waals surface area contributed by atoms with Gasteiger partial charge in [0.25, 0.3) is 0 Å². The number of phenolic OH excluding ortho intramolecular Hbond substituents is 1. The summed E-state index contributed by atoms with van der Waals surface area (Å²) >= 11 is 6.65. The molecule has 2 rings (SSSR count). The standard InChI is InChI=1S/C13H17Br2NO2.ClH/c14-11-4-8(5-12(15)13(11)18)7-16-9-2-1-3-10(17)6-9;/h4-5,9-10,16-18H,1-3,6-7H2;1H/t9-,10+;/m1./s1. The largest absolute Gasteiger partial charge is 0.506 e. The molecule has 0 unspecified atom stereocenters. The van der Waals surface area contributed by atoms with Gasteiger partial charge in [0.05, 0.1) is 15.0 Å². The molecule has 0 aliphatic heterocycles. The number of aliphatic hydroxyl groups excluding tert-OH is 1. The molecule has 1 aliphatic rings. The number of aromatic hydroxyl groups is 1. The van der Waals surface area contributed by atoms with E-state index in [1.54, 1.807) is 0 Å². The Morgan fingerprint density at radius 1 is 1.21 bits per heavy atom. The van der Waals surface area contributed by atoms with E-state index >= 15 is 0 Å². The van der Waals surface area contributed by atoms with Crippen molar-refractivity contribution < 1.29 is 10.2 Å². The van der Waals surface area contributed by atoms with Gasteiger partial charge in [-0.2, -0.15) is 0 Å². The quantitative estimate of drug-likeness (QED) is 0.705. The Morgan fingerprint density at radius 3 is 2.42 bits per heavy atom. The molecule has 6 heteroatoms. The van der Waals surface area contributed by atoms with E-state index in [-0.39, 0.29) is 24.3 Å². The fourth-order valence-electron chi connectivity index (χ4n) is 2.33. The van der Waals surface area contributed by atoms with Crippen molar-refractivity contribution in [3.05, 3.63) is 26.6 Å². The van der Waals surface area contributed by atoms with E-state index in [9.17, 15) is 10.2 Å². The van der Waals surface area contributed by atoms with Crippen molar-refractivity contribution in [2.24, 2.45) is 0 Å². The van der Waals surface area contributed by atoms with Crippen LogP contribution in [0, 0.1) is 0 Å². The second-order valence-electron chi connectivity index (χ2n) is 4.81. The molecule has 0 saturated heterocycles. The maximum Gasteiger partial charge on any atom is 0.143 e. The van der Waals surface area contributed by atoms with Gasteiger partial charge in [-0.1, -0.05) is 0 Å². The Labute approximate surface area is 136 Å². The summed E-state index contributed by atoms with van der Waals surface area (Å²) in [5.41, 5.74) is 1.10. The van der Waals surface area contributed by atoms with Crippen molar-refractivity contribution in [3.8, 4) is 5.75 Å². The average Bonchev–Trinajstić information content (AvgIpc) is 2.33. The van der Waals surface area contributed by atoms with Crippen molar-refractivity contribution in [2.75, 3.05) is 0 Å². The van der Waals surface area contributed by atoms with Crippen LogP contribution in [0.3, 0.4) is 0 Å². The summed E-state index contributed by atoms with van der Waals surface area (Å²) in [6.07, 6.45) is 3.81. The van der Waals surface area contributed by atoms with Gasteiger partial charge in [-0.3, -0.25) is 0 Å². The van der Waals surface area contributed by atoms with Gasteiger partial charge in [0.1, 0.15) is 5.75 Å². The lowest BCUT2D eigenvalue weighted by molar-refractivity contribution is 0.111. The maximum atomic E-state index is 9.64. The van der Waals surface area contributed by atoms with Crippen LogP contribution in [0.25, 0.3) is 0 Å². The molecule has 1 aliphatic carbocycles. The lowest BCUT2D eigenvalue weighted by Crippen LogP contribution is -2.35. The van der Waals surface area contributed by atoms with Crippen molar-refractivity contribution >= 4 is 44.3 Å². The molecule has 0 radical (unpaired) electrons. The third-order valence-corrected chi connectivity index (χ3v) is 4.53. The molecule has 108 valence electrons. The second-order valence-corrected chi connectivity index (χ2v) is 6.51. The van der Waals surface area contributed by atoms with E-state index in [4.69, 9.17) is 0 Å². The summed E-state index contributed by atoms with van der Waals surface area (Å²) in [4.78, 5) is 0. The molecule has 3 nitrogen and oxygen atoms in total. The molecule has 0 bridgehead atoms. The minimum Gasteiger partial charge on any atom is -0.506 e. The molecule has 1 aromatic carbocycles. The van der Waals surface area contributed by atoms with Crippen LogP contribution in [0.1, 0.15) is 31.2 Å². The number of benzene rings is 1. The van der Waals surface area contributed by atoms with Gasteiger partial charge in [-0.25, -0.2) is 0 Å². The van der Waals surface area contributed by atoms with Crippen LogP contribution in [0.15, 0.2) is 21.1 Å². The zero-order valence-electron chi connectivity index (χ0n) is 10.4. The first-order chi connectivity index (χ1) is 8.56. The van der Waals surface area contributed by atoms with E-state index in [2.05, 4.69) is 37.2 Å². The topological polar surface area (TPSA) is 52.5 Å². The van der Waals surface area contributed by atoms with Crippen LogP contribution in [0.2, 0.25) is 0 Å². The molecule has 3 N–H and O–H groups in total. The van der Waals surface area contributed by atoms with Crippen LogP contribution in [-0.2, 0) is 6.54 Å². The highest BCUT2D eigenvalue weighted by Crippen LogP contribution is 2.33. The van der Waals surface area contributed by atoms with E-state index in [0.29, 0.717) is 15.0 Å². The van der Waals surface area contributed by atoms with E-state index in [0.717, 1.165) is 37.8 Å². The number of rotatable bonds is 3. The molecule has 1 saturated carbocycles. The minimum absolute atomic E-state index is 0. The Kier molecular flexibility index (Phi) is 7.11. The highest BCUT2D eigenvalue weighted by Gasteiger charge is 2.19. The van der Waals surface area contributed by atoms with Gasteiger partial charge >= 0.3 is 0 Å². The van der Waals surface area contributed by atoms with Gasteiger partial charge < -0.3 is 15.5 Å². The van der Waals surface area contributed by atoms with Crippen LogP contribution in [0.4, 0.5) is 0 Å². The molecule has 2 atom stereocenters. The Balaban J connectivity index is 0.00000180. The summed E-state index contributed by atoms with van der Waals surface area (Å²) in [6.45, 7) is 0.745. The van der Waals surface area contributed by atoms with E-state index in [1.165, 1.54) is 0 Å². The summed E-state index contributed by atoms with van der Waals surface area (Å²) in [5.74, 6) is 0.229. The van der Waals surface area contributed by atoms with Crippen LogP contribution >= 0.6 is 44.3 Å². The van der Waals surface area contributed by atoms with Crippen LogP contribution in [-0.4, -0.2) is 22.4 Å². The first-order valence-corrected chi connectivity index (χ1v) is 7.73. The lowest BCUT2D eigenvalue weighted by Gasteiger charge is -2.26. The molecule has 1 aromatic rings. The number of halogens is 3. The SMILES string of the molecule is Cl.Oc1c(Br)cc(CN[C@@H]2CCC[C@H](O)C2)cc1Br. The molecule has 19 heavy (non-hydrogen) atoms. The Bertz CT molecular complexity index is 408. The molecule has 0 spiro atoms. The molecule has 0 aromatic heterocycles. The third kappa shape index (κ3) is 4.90. The lowest BCUT2D eigenvalue weighted by atomic mass is 9.93. The fraction of sp³-hybridized carbons (Fsp3) is 0.538. The van der Waals surface area contributed by atoms with Crippen molar-refractivity contribution in [3.63, 3.8) is 0 Å². The molecular formula is C13H18Br2ClNO2. The highest BCUT2D eigenvalue weighted by atomic mass is 79.9. The summed E-state index contributed by atoms with van der Waals surface area (Å²) < 4.78 is 1.38. The van der Waals surface area contributed by atoms with E-state index < -0.39 is 0 Å². The van der Waals surface area contributed by atoms with Crippen LogP contribution < -0.4 is 5.32 Å². The monoisotopic (exact) mass is 413 g/mol. The normalized spacial score (nSPS) is 22.9. The maximum absolute atomic E-state index is 9.64. The summed E-state index contributed by atoms with van der Waals surface area (Å²) in [7, 11) is 0. The van der Waals surface area contributed by atoms with Gasteiger partial charge in [0.15, 0.2) is 0 Å². The summed E-state index contributed by atoms with van der Waals surface area (Å²) in [6, 6.07) is 4.21. The number of hydrogen-bond acceptors (Lipinski definition) is 3. The highest BCUT2D eigenvalue weighted by molar-refractivity contribution is 9.11. The van der Waals surface area contributed by atoms with Gasteiger partial charge in [-0.15, -0.1) is 12.4 Å². The first kappa shape index (κ1) is 17.2. The third-order valence-electron chi connectivity index (χ3n) is 3.32. The number of nitrogens with one attached hydrogen (secondary N) is 1. The van der Waals surface area contributed by atoms with Gasteiger partial charge in [0.2, 0.25) is 0 Å². The van der Waals surface area contributed by atoms with Crippen molar-refractivity contribution in [1.29, 1.82) is 0 Å². The number of hydrogen-bond donors (Lipinski definition) is 3. The second kappa shape index (κ2) is 7.84. The van der Waals surface area contributed by atoms with Gasteiger partial charge in [0, 0.05) is 12.6 Å². The predicted octanol–water partition coefficient (Wildman–Crippen LogP) is 3.73. The Hall–Kier alpha value is 0.190. The molecule has 0 amide bonds. The first-order valence-electron chi connectivity index (χ1n) is 6.14. The van der Waals surface area contributed by atoms with E-state index in [1.807, 2.05) is 12.1 Å². The number of aliphatic hydroxyl groups is 1. The van der Waals surface area contributed by atoms with Crippen LogP contribution in [0.5, 0.6) is 5.75 Å². The number of phenols is 1. The molecular weight excluding hydrogens is 397 g/mol. The summed E-state index contributed by atoms with van der Waals surface area (Å²) in [5, 5.41) is 22.7. The van der Waals surface area contributed by atoms with Crippen molar-refractivity contribution in [1.82, 2.24) is 5.32 Å². The zero-order valence-corrected chi connectivity index (χ0v) is 14.4. The minimum atomic E-state index is -0.158. The smallest absolute Gasteiger partial charge is 0.143 e. The molecule has 0 heterocycles. The average molecular weight is 416 g/mol. The molecule has 1 fully saturated rings. The van der Waals surface area contributed by atoms with Crippen molar-refractivity contribution in [2.45, 2.75) is 44.4 Å². The van der Waals surface area contributed by atoms with Gasteiger partial charge in [-0.05, 0) is 75.2 Å².